The molecule has 0 aliphatic carbocycles. The normalized spacial score (nSPS) is 16.6. The first-order valence-corrected chi connectivity index (χ1v) is 6.91. The predicted octanol–water partition coefficient (Wildman–Crippen LogP) is 2.54. The summed E-state index contributed by atoms with van der Waals surface area (Å²) < 4.78 is 10.9. The summed E-state index contributed by atoms with van der Waals surface area (Å²) in [5.41, 5.74) is 0.870. The van der Waals surface area contributed by atoms with Crippen LogP contribution in [0.15, 0.2) is 34.7 Å². The molecule has 1 atom stereocenters. The van der Waals surface area contributed by atoms with Crippen molar-refractivity contribution < 1.29 is 13.9 Å². The number of hydrogen-bond acceptors (Lipinski definition) is 4. The summed E-state index contributed by atoms with van der Waals surface area (Å²) in [5.74, 6) is 0.854. The molecule has 20 heavy (non-hydrogen) atoms. The number of ether oxygens (including phenoxy) is 1. The van der Waals surface area contributed by atoms with Gasteiger partial charge >= 0.3 is 6.09 Å². The zero-order valence-electron chi connectivity index (χ0n) is 11.5. The van der Waals surface area contributed by atoms with Crippen LogP contribution in [0.2, 0.25) is 0 Å². The Morgan fingerprint density at radius 1 is 1.40 bits per heavy atom. The van der Waals surface area contributed by atoms with Crippen LogP contribution in [0.3, 0.4) is 0 Å². The number of rotatable bonds is 5. The number of para-hydroxylation sites is 1. The van der Waals surface area contributed by atoms with Crippen LogP contribution in [0.25, 0.3) is 11.0 Å². The molecule has 1 aromatic heterocycles. The number of hydrogen-bond donors (Lipinski definition) is 1. The molecule has 1 aliphatic rings. The van der Waals surface area contributed by atoms with Crippen molar-refractivity contribution in [3.05, 3.63) is 36.1 Å². The van der Waals surface area contributed by atoms with Crippen LogP contribution in [-0.4, -0.2) is 37.2 Å². The third-order valence-electron chi connectivity index (χ3n) is 3.49. The molecule has 2 heterocycles. The standard InChI is InChI=1S/C15H18N2O3/c1-2-16-12(10-17-7-8-19-15(17)18)14-9-11-5-3-4-6-13(11)20-14/h3-6,9,12,16H,2,7-8,10H2,1H3. The zero-order chi connectivity index (χ0) is 13.9. The first-order chi connectivity index (χ1) is 9.78. The minimum Gasteiger partial charge on any atom is -0.459 e. The molecule has 0 radical (unpaired) electrons. The van der Waals surface area contributed by atoms with Crippen LogP contribution >= 0.6 is 0 Å². The number of likely N-dealkylation sites (N-methyl/N-ethyl adjacent to an activating group) is 1. The highest BCUT2D eigenvalue weighted by molar-refractivity contribution is 5.77. The minimum absolute atomic E-state index is 0.0157. The number of nitrogens with zero attached hydrogens (tertiary/aromatic N) is 1. The van der Waals surface area contributed by atoms with E-state index in [9.17, 15) is 4.79 Å². The molecule has 1 aliphatic heterocycles. The first kappa shape index (κ1) is 13.0. The Morgan fingerprint density at radius 3 is 2.95 bits per heavy atom. The van der Waals surface area contributed by atoms with Crippen molar-refractivity contribution in [2.75, 3.05) is 26.2 Å². The molecule has 0 saturated carbocycles. The van der Waals surface area contributed by atoms with E-state index in [1.165, 1.54) is 0 Å². The molecule has 1 N–H and O–H groups in total. The lowest BCUT2D eigenvalue weighted by Crippen LogP contribution is -2.35. The Morgan fingerprint density at radius 2 is 2.25 bits per heavy atom. The molecule has 1 fully saturated rings. The number of carbonyl (C=O) groups is 1. The van der Waals surface area contributed by atoms with Gasteiger partial charge in [-0.2, -0.15) is 0 Å². The molecule has 1 amide bonds. The number of amides is 1. The fourth-order valence-electron chi connectivity index (χ4n) is 2.49. The van der Waals surface area contributed by atoms with E-state index in [1.54, 1.807) is 4.90 Å². The maximum absolute atomic E-state index is 11.6. The van der Waals surface area contributed by atoms with Crippen LogP contribution in [0, 0.1) is 0 Å². The van der Waals surface area contributed by atoms with Crippen LogP contribution in [0.4, 0.5) is 4.79 Å². The van der Waals surface area contributed by atoms with Crippen molar-refractivity contribution in [3.8, 4) is 0 Å². The van der Waals surface area contributed by atoms with Crippen molar-refractivity contribution in [2.45, 2.75) is 13.0 Å². The average molecular weight is 274 g/mol. The van der Waals surface area contributed by atoms with E-state index in [1.807, 2.05) is 37.3 Å². The lowest BCUT2D eigenvalue weighted by molar-refractivity contribution is 0.155. The average Bonchev–Trinajstić information content (AvgIpc) is 3.04. The van der Waals surface area contributed by atoms with Gasteiger partial charge in [0.1, 0.15) is 18.0 Å². The van der Waals surface area contributed by atoms with Gasteiger partial charge in [-0.3, -0.25) is 0 Å². The SMILES string of the molecule is CCNC(CN1CCOC1=O)c1cc2ccccc2o1. The van der Waals surface area contributed by atoms with Gasteiger partial charge in [0.15, 0.2) is 0 Å². The number of carbonyl (C=O) groups excluding carboxylic acids is 1. The molecule has 3 rings (SSSR count). The molecule has 5 heteroatoms. The van der Waals surface area contributed by atoms with Gasteiger partial charge in [0.05, 0.1) is 12.6 Å². The molecule has 1 saturated heterocycles. The Kier molecular flexibility index (Phi) is 3.60. The number of benzene rings is 1. The van der Waals surface area contributed by atoms with Crippen molar-refractivity contribution in [1.29, 1.82) is 0 Å². The maximum atomic E-state index is 11.6. The third kappa shape index (κ3) is 2.49. The predicted molar refractivity (Wildman–Crippen MR) is 75.6 cm³/mol. The fourth-order valence-corrected chi connectivity index (χ4v) is 2.49. The molecule has 0 bridgehead atoms. The van der Waals surface area contributed by atoms with E-state index in [4.69, 9.17) is 9.15 Å². The second-order valence-corrected chi connectivity index (χ2v) is 4.86. The smallest absolute Gasteiger partial charge is 0.410 e. The Bertz CT molecular complexity index is 575. The van der Waals surface area contributed by atoms with Crippen molar-refractivity contribution in [2.24, 2.45) is 0 Å². The number of furan rings is 1. The van der Waals surface area contributed by atoms with Gasteiger partial charge in [-0.1, -0.05) is 25.1 Å². The highest BCUT2D eigenvalue weighted by Gasteiger charge is 2.27. The summed E-state index contributed by atoms with van der Waals surface area (Å²) in [6.07, 6.45) is -0.246. The Labute approximate surface area is 117 Å². The first-order valence-electron chi connectivity index (χ1n) is 6.91. The highest BCUT2D eigenvalue weighted by atomic mass is 16.6. The quantitative estimate of drug-likeness (QED) is 0.910. The van der Waals surface area contributed by atoms with E-state index < -0.39 is 0 Å². The van der Waals surface area contributed by atoms with Crippen molar-refractivity contribution >= 4 is 17.1 Å². The zero-order valence-corrected chi connectivity index (χ0v) is 11.5. The summed E-state index contributed by atoms with van der Waals surface area (Å²) in [7, 11) is 0. The summed E-state index contributed by atoms with van der Waals surface area (Å²) in [5, 5.41) is 4.44. The maximum Gasteiger partial charge on any atom is 0.410 e. The van der Waals surface area contributed by atoms with Gasteiger partial charge in [-0.15, -0.1) is 0 Å². The van der Waals surface area contributed by atoms with Crippen molar-refractivity contribution in [3.63, 3.8) is 0 Å². The molecule has 2 aromatic rings. The molecule has 5 nitrogen and oxygen atoms in total. The van der Waals surface area contributed by atoms with Gasteiger partial charge in [0, 0.05) is 11.9 Å². The number of fused-ring (bicyclic) bond motifs is 1. The van der Waals surface area contributed by atoms with Crippen LogP contribution in [-0.2, 0) is 4.74 Å². The monoisotopic (exact) mass is 274 g/mol. The van der Waals surface area contributed by atoms with E-state index in [0.717, 1.165) is 23.3 Å². The lowest BCUT2D eigenvalue weighted by Gasteiger charge is -2.20. The second kappa shape index (κ2) is 5.54. The largest absolute Gasteiger partial charge is 0.459 e. The molecule has 1 aromatic carbocycles. The summed E-state index contributed by atoms with van der Waals surface area (Å²) in [6.45, 7) is 4.52. The molecule has 106 valence electrons. The molecule has 0 spiro atoms. The van der Waals surface area contributed by atoms with E-state index in [2.05, 4.69) is 5.32 Å². The van der Waals surface area contributed by atoms with Crippen LogP contribution < -0.4 is 5.32 Å². The molecular weight excluding hydrogens is 256 g/mol. The van der Waals surface area contributed by atoms with Crippen LogP contribution in [0.1, 0.15) is 18.7 Å². The summed E-state index contributed by atoms with van der Waals surface area (Å²) in [4.78, 5) is 13.3. The van der Waals surface area contributed by atoms with E-state index in [0.29, 0.717) is 19.7 Å². The van der Waals surface area contributed by atoms with E-state index >= 15 is 0 Å². The molecular formula is C15H18N2O3. The van der Waals surface area contributed by atoms with Gasteiger partial charge in [-0.25, -0.2) is 4.79 Å². The van der Waals surface area contributed by atoms with E-state index in [-0.39, 0.29) is 12.1 Å². The van der Waals surface area contributed by atoms with Crippen molar-refractivity contribution in [1.82, 2.24) is 10.2 Å². The van der Waals surface area contributed by atoms with Gasteiger partial charge in [-0.05, 0) is 18.7 Å². The second-order valence-electron chi connectivity index (χ2n) is 4.86. The summed E-state index contributed by atoms with van der Waals surface area (Å²) in [6, 6.07) is 9.93. The summed E-state index contributed by atoms with van der Waals surface area (Å²) >= 11 is 0. The van der Waals surface area contributed by atoms with Gasteiger partial charge < -0.3 is 19.4 Å². The Balaban J connectivity index is 1.83. The topological polar surface area (TPSA) is 54.7 Å². The number of cyclic esters (lactones) is 1. The van der Waals surface area contributed by atoms with Gasteiger partial charge in [0.2, 0.25) is 0 Å². The molecule has 1 unspecified atom stereocenters. The highest BCUT2D eigenvalue weighted by Crippen LogP contribution is 2.25. The third-order valence-corrected chi connectivity index (χ3v) is 3.49. The van der Waals surface area contributed by atoms with Gasteiger partial charge in [0.25, 0.3) is 0 Å². The number of nitrogens with one attached hydrogen (secondary N) is 1. The van der Waals surface area contributed by atoms with Crippen LogP contribution in [0.5, 0.6) is 0 Å². The fraction of sp³-hybridized carbons (Fsp3) is 0.400. The lowest BCUT2D eigenvalue weighted by atomic mass is 10.2. The Hall–Kier alpha value is -2.01. The minimum atomic E-state index is -0.246.